The molecule has 2 aromatic rings. The Kier molecular flexibility index (Phi) is 4.17. The Balaban J connectivity index is 2.11. The van der Waals surface area contributed by atoms with Crippen molar-refractivity contribution in [2.24, 2.45) is 0 Å². The van der Waals surface area contributed by atoms with E-state index in [4.69, 9.17) is 4.74 Å². The SMILES string of the molecule is BrCCCCOc1cccc2cccnc12. The zero-order chi connectivity index (χ0) is 11.2. The Labute approximate surface area is 104 Å². The Hall–Kier alpha value is -1.09. The molecule has 0 radical (unpaired) electrons. The van der Waals surface area contributed by atoms with Crippen molar-refractivity contribution in [1.29, 1.82) is 0 Å². The van der Waals surface area contributed by atoms with E-state index in [1.54, 1.807) is 6.20 Å². The van der Waals surface area contributed by atoms with Crippen molar-refractivity contribution in [3.8, 4) is 5.75 Å². The Morgan fingerprint density at radius 2 is 2.00 bits per heavy atom. The van der Waals surface area contributed by atoms with E-state index in [1.807, 2.05) is 30.3 Å². The van der Waals surface area contributed by atoms with Gasteiger partial charge in [0, 0.05) is 16.9 Å². The molecular weight excluding hydrogens is 266 g/mol. The number of rotatable bonds is 5. The van der Waals surface area contributed by atoms with Gasteiger partial charge in [0.25, 0.3) is 0 Å². The minimum Gasteiger partial charge on any atom is -0.491 e. The van der Waals surface area contributed by atoms with Crippen LogP contribution in [0.25, 0.3) is 10.9 Å². The third-order valence-corrected chi connectivity index (χ3v) is 2.94. The number of halogens is 1. The molecule has 0 unspecified atom stereocenters. The molecule has 1 aromatic carbocycles. The molecule has 0 saturated heterocycles. The molecule has 16 heavy (non-hydrogen) atoms. The zero-order valence-corrected chi connectivity index (χ0v) is 10.6. The number of alkyl halides is 1. The fourth-order valence-corrected chi connectivity index (χ4v) is 1.97. The van der Waals surface area contributed by atoms with Gasteiger partial charge in [-0.15, -0.1) is 0 Å². The third-order valence-electron chi connectivity index (χ3n) is 2.38. The van der Waals surface area contributed by atoms with Crippen LogP contribution in [-0.2, 0) is 0 Å². The molecule has 1 aromatic heterocycles. The molecule has 0 aliphatic rings. The van der Waals surface area contributed by atoms with Crippen LogP contribution in [0, 0.1) is 0 Å². The molecule has 2 rings (SSSR count). The smallest absolute Gasteiger partial charge is 0.145 e. The highest BCUT2D eigenvalue weighted by Gasteiger charge is 2.01. The van der Waals surface area contributed by atoms with Crippen LogP contribution in [0.4, 0.5) is 0 Å². The van der Waals surface area contributed by atoms with E-state index in [9.17, 15) is 0 Å². The van der Waals surface area contributed by atoms with E-state index >= 15 is 0 Å². The maximum Gasteiger partial charge on any atom is 0.145 e. The second kappa shape index (κ2) is 5.85. The van der Waals surface area contributed by atoms with E-state index in [0.29, 0.717) is 0 Å². The predicted molar refractivity (Wildman–Crippen MR) is 70.3 cm³/mol. The lowest BCUT2D eigenvalue weighted by molar-refractivity contribution is 0.313. The predicted octanol–water partition coefficient (Wildman–Crippen LogP) is 3.79. The molecule has 1 heterocycles. The number of ether oxygens (including phenoxy) is 1. The van der Waals surface area contributed by atoms with Crippen molar-refractivity contribution in [3.05, 3.63) is 36.5 Å². The van der Waals surface area contributed by atoms with E-state index < -0.39 is 0 Å². The molecule has 3 heteroatoms. The van der Waals surface area contributed by atoms with Gasteiger partial charge < -0.3 is 4.74 Å². The van der Waals surface area contributed by atoms with Crippen LogP contribution in [0.3, 0.4) is 0 Å². The van der Waals surface area contributed by atoms with Gasteiger partial charge in [-0.1, -0.05) is 34.1 Å². The molecular formula is C13H14BrNO. The number of hydrogen-bond acceptors (Lipinski definition) is 2. The van der Waals surface area contributed by atoms with Crippen LogP contribution in [-0.4, -0.2) is 16.9 Å². The summed E-state index contributed by atoms with van der Waals surface area (Å²) in [5.41, 5.74) is 0.948. The second-order valence-electron chi connectivity index (χ2n) is 3.58. The molecule has 0 atom stereocenters. The number of unbranched alkanes of at least 4 members (excludes halogenated alkanes) is 1. The lowest BCUT2D eigenvalue weighted by atomic mass is 10.2. The minimum atomic E-state index is 0.751. The highest BCUT2D eigenvalue weighted by molar-refractivity contribution is 9.09. The topological polar surface area (TPSA) is 22.1 Å². The first-order chi connectivity index (χ1) is 7.92. The number of benzene rings is 1. The van der Waals surface area contributed by atoms with Gasteiger partial charge in [-0.3, -0.25) is 4.98 Å². The number of para-hydroxylation sites is 1. The summed E-state index contributed by atoms with van der Waals surface area (Å²) in [5.74, 6) is 0.882. The zero-order valence-electron chi connectivity index (χ0n) is 9.03. The molecule has 0 amide bonds. The molecule has 0 N–H and O–H groups in total. The number of hydrogen-bond donors (Lipinski definition) is 0. The summed E-state index contributed by atoms with van der Waals surface area (Å²) in [7, 11) is 0. The van der Waals surface area contributed by atoms with Gasteiger partial charge in [0.15, 0.2) is 0 Å². The van der Waals surface area contributed by atoms with Crippen molar-refractivity contribution in [1.82, 2.24) is 4.98 Å². The summed E-state index contributed by atoms with van der Waals surface area (Å²) in [6.07, 6.45) is 4.00. The number of pyridine rings is 1. The van der Waals surface area contributed by atoms with Crippen LogP contribution in [0.2, 0.25) is 0 Å². The van der Waals surface area contributed by atoms with Gasteiger partial charge in [-0.25, -0.2) is 0 Å². The Morgan fingerprint density at radius 1 is 1.12 bits per heavy atom. The highest BCUT2D eigenvalue weighted by atomic mass is 79.9. The quantitative estimate of drug-likeness (QED) is 0.614. The van der Waals surface area contributed by atoms with Crippen LogP contribution in [0.15, 0.2) is 36.5 Å². The van der Waals surface area contributed by atoms with Gasteiger partial charge in [-0.2, -0.15) is 0 Å². The standard InChI is InChI=1S/C13H14BrNO/c14-8-1-2-10-16-12-7-3-5-11-6-4-9-15-13(11)12/h3-7,9H,1-2,8,10H2. The first-order valence-electron chi connectivity index (χ1n) is 5.44. The van der Waals surface area contributed by atoms with E-state index in [1.165, 1.54) is 0 Å². The average Bonchev–Trinajstić information content (AvgIpc) is 2.35. The van der Waals surface area contributed by atoms with E-state index in [2.05, 4.69) is 20.9 Å². The summed E-state index contributed by atoms with van der Waals surface area (Å²) in [5, 5.41) is 2.16. The van der Waals surface area contributed by atoms with Crippen molar-refractivity contribution in [2.45, 2.75) is 12.8 Å². The highest BCUT2D eigenvalue weighted by Crippen LogP contribution is 2.22. The van der Waals surface area contributed by atoms with Gasteiger partial charge in [0.05, 0.1) is 6.61 Å². The normalized spacial score (nSPS) is 10.6. The fourth-order valence-electron chi connectivity index (χ4n) is 1.57. The summed E-state index contributed by atoms with van der Waals surface area (Å²) in [6.45, 7) is 0.751. The van der Waals surface area contributed by atoms with Crippen molar-refractivity contribution < 1.29 is 4.74 Å². The molecule has 0 aliphatic heterocycles. The largest absolute Gasteiger partial charge is 0.491 e. The van der Waals surface area contributed by atoms with Gasteiger partial charge in [-0.05, 0) is 25.0 Å². The molecule has 2 nitrogen and oxygen atoms in total. The van der Waals surface area contributed by atoms with Gasteiger partial charge >= 0.3 is 0 Å². The first kappa shape index (κ1) is 11.4. The van der Waals surface area contributed by atoms with E-state index in [-0.39, 0.29) is 0 Å². The molecule has 0 spiro atoms. The second-order valence-corrected chi connectivity index (χ2v) is 4.37. The number of nitrogens with zero attached hydrogens (tertiary/aromatic N) is 1. The summed E-state index contributed by atoms with van der Waals surface area (Å²) in [6, 6.07) is 10.0. The maximum atomic E-state index is 5.74. The van der Waals surface area contributed by atoms with Crippen molar-refractivity contribution >= 4 is 26.8 Å². The molecule has 0 saturated carbocycles. The van der Waals surface area contributed by atoms with Crippen LogP contribution < -0.4 is 4.74 Å². The molecule has 0 aliphatic carbocycles. The van der Waals surface area contributed by atoms with Crippen LogP contribution >= 0.6 is 15.9 Å². The minimum absolute atomic E-state index is 0.751. The number of aromatic nitrogens is 1. The number of fused-ring (bicyclic) bond motifs is 1. The van der Waals surface area contributed by atoms with Crippen molar-refractivity contribution in [2.75, 3.05) is 11.9 Å². The first-order valence-corrected chi connectivity index (χ1v) is 6.56. The van der Waals surface area contributed by atoms with Gasteiger partial charge in [0.2, 0.25) is 0 Å². The third kappa shape index (κ3) is 2.73. The Morgan fingerprint density at radius 3 is 2.88 bits per heavy atom. The lowest BCUT2D eigenvalue weighted by Gasteiger charge is -2.07. The fraction of sp³-hybridized carbons (Fsp3) is 0.308. The Bertz CT molecular complexity index is 453. The van der Waals surface area contributed by atoms with E-state index in [0.717, 1.165) is 41.4 Å². The summed E-state index contributed by atoms with van der Waals surface area (Å²) in [4.78, 5) is 4.35. The molecule has 84 valence electrons. The summed E-state index contributed by atoms with van der Waals surface area (Å²) < 4.78 is 5.74. The van der Waals surface area contributed by atoms with Crippen LogP contribution in [0.1, 0.15) is 12.8 Å². The molecule has 0 bridgehead atoms. The lowest BCUT2D eigenvalue weighted by Crippen LogP contribution is -1.98. The van der Waals surface area contributed by atoms with Crippen molar-refractivity contribution in [3.63, 3.8) is 0 Å². The van der Waals surface area contributed by atoms with Gasteiger partial charge in [0.1, 0.15) is 11.3 Å². The van der Waals surface area contributed by atoms with Crippen LogP contribution in [0.5, 0.6) is 5.75 Å². The summed E-state index contributed by atoms with van der Waals surface area (Å²) >= 11 is 3.41. The maximum absolute atomic E-state index is 5.74. The molecule has 0 fully saturated rings. The monoisotopic (exact) mass is 279 g/mol. The average molecular weight is 280 g/mol.